The Labute approximate surface area is 208 Å². The molecule has 0 bridgehead atoms. The minimum Gasteiger partial charge on any atom is -0.352 e. The van der Waals surface area contributed by atoms with Crippen molar-refractivity contribution in [2.45, 2.75) is 12.8 Å². The lowest BCUT2D eigenvalue weighted by molar-refractivity contribution is 0.0953. The van der Waals surface area contributed by atoms with E-state index in [1.165, 1.54) is 15.9 Å². The topological polar surface area (TPSA) is 67.8 Å². The second-order valence-electron chi connectivity index (χ2n) is 7.62. The van der Waals surface area contributed by atoms with Crippen LogP contribution in [0.3, 0.4) is 0 Å². The summed E-state index contributed by atoms with van der Waals surface area (Å²) in [6, 6.07) is 22.8. The fraction of sp³-hybridized carbons (Fsp3) is 0.154. The van der Waals surface area contributed by atoms with Gasteiger partial charge < -0.3 is 5.32 Å². The molecule has 1 N–H and O–H groups in total. The first-order valence-corrected chi connectivity index (χ1v) is 13.9. The summed E-state index contributed by atoms with van der Waals surface area (Å²) >= 11 is 2.13. The molecule has 3 aromatic heterocycles. The van der Waals surface area contributed by atoms with Crippen molar-refractivity contribution in [3.8, 4) is 0 Å². The van der Waals surface area contributed by atoms with E-state index in [4.69, 9.17) is 0 Å². The summed E-state index contributed by atoms with van der Waals surface area (Å²) < 4.78 is 0.871. The van der Waals surface area contributed by atoms with Crippen LogP contribution in [0.15, 0.2) is 97.7 Å². The Morgan fingerprint density at radius 3 is 2.03 bits per heavy atom. The van der Waals surface area contributed by atoms with E-state index in [-0.39, 0.29) is 5.91 Å². The number of amides is 1. The number of rotatable bonds is 9. The molecule has 0 fully saturated rings. The van der Waals surface area contributed by atoms with Crippen molar-refractivity contribution in [1.82, 2.24) is 20.3 Å². The van der Waals surface area contributed by atoms with Crippen LogP contribution in [0, 0.1) is 3.70 Å². The zero-order valence-electron chi connectivity index (χ0n) is 18.1. The lowest BCUT2D eigenvalue weighted by Crippen LogP contribution is -2.34. The van der Waals surface area contributed by atoms with E-state index in [9.17, 15) is 4.79 Å². The molecule has 0 saturated heterocycles. The zero-order chi connectivity index (χ0) is 22.9. The molecule has 0 atom stereocenters. The summed E-state index contributed by atoms with van der Waals surface area (Å²) in [5.74, 6) is -0.0810. The molecule has 0 aliphatic heterocycles. The lowest BCUT2D eigenvalue weighted by Gasteiger charge is -2.27. The highest BCUT2D eigenvalue weighted by Crippen LogP contribution is 2.55. The van der Waals surface area contributed by atoms with Gasteiger partial charge in [0.25, 0.3) is 5.91 Å². The van der Waals surface area contributed by atoms with Crippen LogP contribution in [0.25, 0.3) is 0 Å². The van der Waals surface area contributed by atoms with Gasteiger partial charge in [-0.15, -0.1) is 0 Å². The van der Waals surface area contributed by atoms with Crippen LogP contribution >= 0.6 is 29.9 Å². The van der Waals surface area contributed by atoms with E-state index < -0.39 is 7.26 Å². The number of aromatic nitrogens is 3. The minimum absolute atomic E-state index is 0.0810. The average Bonchev–Trinajstić information content (AvgIpc) is 2.88. The molecule has 1 aromatic carbocycles. The quantitative estimate of drug-likeness (QED) is 0.143. The minimum atomic E-state index is -1.93. The summed E-state index contributed by atoms with van der Waals surface area (Å²) in [7, 11) is -1.93. The van der Waals surface area contributed by atoms with Gasteiger partial charge in [-0.05, 0) is 84.0 Å². The van der Waals surface area contributed by atoms with Gasteiger partial charge in [0.15, 0.2) is 0 Å². The third kappa shape index (κ3) is 5.63. The average molecular weight is 571 g/mol. The van der Waals surface area contributed by atoms with E-state index in [0.717, 1.165) is 22.7 Å². The number of halogens is 1. The summed E-state index contributed by atoms with van der Waals surface area (Å²) in [4.78, 5) is 25.5. The van der Waals surface area contributed by atoms with Gasteiger partial charge in [0.05, 0.1) is 24.1 Å². The Bertz CT molecular complexity index is 1060. The molecule has 4 aromatic rings. The van der Waals surface area contributed by atoms with E-state index >= 15 is 0 Å². The van der Waals surface area contributed by atoms with Crippen molar-refractivity contribution in [3.63, 3.8) is 0 Å². The standard InChI is InChI=1S/C26H24IN4OP/c27-25-13-12-21(18-31-25)26(32)30-16-4-5-17-33(22-8-2-1-3-9-22,23-10-6-14-28-19-23)24-11-7-15-29-20-24/h1-3,6-15,18-20H,4-5,16-17H2/p+1/i27+4. The maximum Gasteiger partial charge on any atom is 0.252 e. The van der Waals surface area contributed by atoms with Crippen molar-refractivity contribution < 1.29 is 4.79 Å². The fourth-order valence-electron chi connectivity index (χ4n) is 3.96. The van der Waals surface area contributed by atoms with Crippen molar-refractivity contribution >= 4 is 51.7 Å². The molecule has 3 heterocycles. The molecule has 0 radical (unpaired) electrons. The van der Waals surface area contributed by atoms with Gasteiger partial charge in [-0.3, -0.25) is 14.8 Å². The largest absolute Gasteiger partial charge is 0.352 e. The predicted molar refractivity (Wildman–Crippen MR) is 144 cm³/mol. The highest BCUT2D eigenvalue weighted by atomic mass is 131. The maximum absolute atomic E-state index is 12.4. The van der Waals surface area contributed by atoms with Gasteiger partial charge in [0, 0.05) is 25.1 Å². The summed E-state index contributed by atoms with van der Waals surface area (Å²) in [5.41, 5.74) is 0.590. The molecular formula is C26H25IN4OP+. The number of nitrogens with zero attached hydrogens (tertiary/aromatic N) is 3. The van der Waals surface area contributed by atoms with Gasteiger partial charge in [-0.1, -0.05) is 18.2 Å². The van der Waals surface area contributed by atoms with Crippen molar-refractivity contribution in [1.29, 1.82) is 0 Å². The van der Waals surface area contributed by atoms with Crippen LogP contribution < -0.4 is 21.2 Å². The smallest absolute Gasteiger partial charge is 0.252 e. The van der Waals surface area contributed by atoms with Crippen LogP contribution in [-0.2, 0) is 0 Å². The Morgan fingerprint density at radius 2 is 1.45 bits per heavy atom. The first kappa shape index (κ1) is 23.5. The molecule has 1 amide bonds. The first-order chi connectivity index (χ1) is 16.2. The molecule has 166 valence electrons. The number of hydrogen-bond acceptors (Lipinski definition) is 4. The zero-order valence-corrected chi connectivity index (χ0v) is 21.2. The van der Waals surface area contributed by atoms with Gasteiger partial charge in [0.1, 0.15) is 26.9 Å². The molecule has 0 aliphatic rings. The molecule has 0 aliphatic carbocycles. The molecule has 0 unspecified atom stereocenters. The SMILES string of the molecule is O=C(NCCCC[P+](c1ccccc1)(c1cccnc1)c1cccnc1)c1ccc([131I])nc1. The molecule has 4 rings (SSSR count). The Hall–Kier alpha value is -2.70. The predicted octanol–water partition coefficient (Wildman–Crippen LogP) is 3.98. The van der Waals surface area contributed by atoms with Crippen LogP contribution in [0.1, 0.15) is 23.2 Å². The maximum atomic E-state index is 12.4. The van der Waals surface area contributed by atoms with Crippen molar-refractivity contribution in [3.05, 3.63) is 107 Å². The van der Waals surface area contributed by atoms with Crippen LogP contribution in [0.2, 0.25) is 0 Å². The molecule has 33 heavy (non-hydrogen) atoms. The summed E-state index contributed by atoms with van der Waals surface area (Å²) in [5, 5.41) is 6.85. The highest BCUT2D eigenvalue weighted by molar-refractivity contribution is 14.1. The number of unbranched alkanes of at least 4 members (excludes halogenated alkanes) is 1. The Morgan fingerprint density at radius 1 is 0.788 bits per heavy atom. The Balaban J connectivity index is 1.53. The van der Waals surface area contributed by atoms with Gasteiger partial charge in [-0.25, -0.2) is 4.98 Å². The first-order valence-electron chi connectivity index (χ1n) is 10.8. The number of hydrogen-bond donors (Lipinski definition) is 1. The molecule has 0 saturated carbocycles. The van der Waals surface area contributed by atoms with Gasteiger partial charge in [-0.2, -0.15) is 0 Å². The fourth-order valence-corrected chi connectivity index (χ4v) is 8.54. The summed E-state index contributed by atoms with van der Waals surface area (Å²) in [6.07, 6.45) is 12.1. The number of carbonyl (C=O) groups is 1. The monoisotopic (exact) mass is 571 g/mol. The second kappa shape index (κ2) is 11.4. The number of carbonyl (C=O) groups excluding carboxylic acids is 1. The highest BCUT2D eigenvalue weighted by Gasteiger charge is 2.45. The van der Waals surface area contributed by atoms with Crippen LogP contribution in [0.5, 0.6) is 0 Å². The number of pyridine rings is 3. The van der Waals surface area contributed by atoms with Gasteiger partial charge in [0.2, 0.25) is 0 Å². The van der Waals surface area contributed by atoms with Crippen molar-refractivity contribution in [2.24, 2.45) is 0 Å². The van der Waals surface area contributed by atoms with E-state index in [0.29, 0.717) is 12.1 Å². The van der Waals surface area contributed by atoms with Crippen molar-refractivity contribution in [2.75, 3.05) is 12.7 Å². The summed E-state index contributed by atoms with van der Waals surface area (Å²) in [6.45, 7) is 0.625. The van der Waals surface area contributed by atoms with E-state index in [1.54, 1.807) is 12.3 Å². The second-order valence-corrected chi connectivity index (χ2v) is 12.3. The Kier molecular flexibility index (Phi) is 8.13. The third-order valence-corrected chi connectivity index (χ3v) is 10.7. The van der Waals surface area contributed by atoms with Crippen LogP contribution in [-0.4, -0.2) is 33.6 Å². The van der Waals surface area contributed by atoms with Gasteiger partial charge >= 0.3 is 0 Å². The van der Waals surface area contributed by atoms with E-state index in [1.807, 2.05) is 43.0 Å². The molecule has 5 nitrogen and oxygen atoms in total. The molecule has 0 spiro atoms. The normalized spacial score (nSPS) is 11.2. The van der Waals surface area contributed by atoms with Crippen LogP contribution in [0.4, 0.5) is 0 Å². The molecular weight excluding hydrogens is 546 g/mol. The number of nitrogens with one attached hydrogen (secondary N) is 1. The van der Waals surface area contributed by atoms with E-state index in [2.05, 4.69) is 85.3 Å². The molecule has 7 heteroatoms. The number of benzene rings is 1. The third-order valence-electron chi connectivity index (χ3n) is 5.57. The lowest BCUT2D eigenvalue weighted by atomic mass is 10.2.